The molecule has 0 aliphatic rings. The topological polar surface area (TPSA) is 105 Å². The summed E-state index contributed by atoms with van der Waals surface area (Å²) < 4.78 is 1.20. The molecule has 2 aromatic rings. The first-order chi connectivity index (χ1) is 8.11. The fourth-order valence-corrected chi connectivity index (χ4v) is 1.32. The number of aromatic nitrogens is 4. The van der Waals surface area contributed by atoms with E-state index in [9.17, 15) is 4.79 Å². The van der Waals surface area contributed by atoms with Crippen molar-refractivity contribution in [1.29, 1.82) is 5.26 Å². The van der Waals surface area contributed by atoms with Gasteiger partial charge in [-0.05, 0) is 12.1 Å². The minimum Gasteiger partial charge on any atom is -0.476 e. The number of nitriles is 1. The number of carboxylic acids is 1. The van der Waals surface area contributed by atoms with E-state index in [0.29, 0.717) is 0 Å². The minimum absolute atomic E-state index is 0.0291. The average molecular weight is 250 g/mol. The van der Waals surface area contributed by atoms with Crippen LogP contribution in [-0.2, 0) is 0 Å². The lowest BCUT2D eigenvalue weighted by Crippen LogP contribution is -2.06. The second-order valence-corrected chi connectivity index (χ2v) is 3.34. The number of aromatic carboxylic acids is 1. The third-order valence-corrected chi connectivity index (χ3v) is 2.17. The van der Waals surface area contributed by atoms with E-state index in [2.05, 4.69) is 15.1 Å². The van der Waals surface area contributed by atoms with Crippen LogP contribution in [0.5, 0.6) is 0 Å². The highest BCUT2D eigenvalue weighted by molar-refractivity contribution is 6.33. The van der Waals surface area contributed by atoms with Gasteiger partial charge in [0.05, 0.1) is 5.02 Å². The van der Waals surface area contributed by atoms with E-state index in [-0.39, 0.29) is 22.4 Å². The molecule has 0 spiro atoms. The van der Waals surface area contributed by atoms with E-state index in [1.54, 1.807) is 6.07 Å². The van der Waals surface area contributed by atoms with E-state index in [0.717, 1.165) is 0 Å². The Morgan fingerprint density at radius 1 is 1.53 bits per heavy atom. The smallest absolute Gasteiger partial charge is 0.356 e. The number of hydrogen-bond acceptors (Lipinski definition) is 5. The van der Waals surface area contributed by atoms with Crippen molar-refractivity contribution in [2.45, 2.75) is 0 Å². The van der Waals surface area contributed by atoms with Gasteiger partial charge in [-0.15, -0.1) is 5.10 Å². The fourth-order valence-electron chi connectivity index (χ4n) is 1.13. The van der Waals surface area contributed by atoms with Gasteiger partial charge in [-0.1, -0.05) is 11.6 Å². The lowest BCUT2D eigenvalue weighted by atomic mass is 10.3. The largest absolute Gasteiger partial charge is 0.476 e. The lowest BCUT2D eigenvalue weighted by Gasteiger charge is -2.02. The van der Waals surface area contributed by atoms with Gasteiger partial charge in [-0.3, -0.25) is 0 Å². The van der Waals surface area contributed by atoms with Crippen LogP contribution in [-0.4, -0.2) is 30.8 Å². The molecule has 2 rings (SSSR count). The Morgan fingerprint density at radius 2 is 2.29 bits per heavy atom. The number of carbonyl (C=O) groups is 1. The third-order valence-electron chi connectivity index (χ3n) is 1.86. The third kappa shape index (κ3) is 2.07. The van der Waals surface area contributed by atoms with Crippen molar-refractivity contribution in [2.75, 3.05) is 0 Å². The predicted octanol–water partition coefficient (Wildman–Crippen LogP) is 0.886. The van der Waals surface area contributed by atoms with Gasteiger partial charge in [-0.25, -0.2) is 19.4 Å². The van der Waals surface area contributed by atoms with E-state index in [1.165, 1.54) is 23.1 Å². The van der Waals surface area contributed by atoms with Crippen LogP contribution in [0, 0.1) is 11.3 Å². The van der Waals surface area contributed by atoms with Gasteiger partial charge in [0, 0.05) is 0 Å². The van der Waals surface area contributed by atoms with Crippen molar-refractivity contribution >= 4 is 17.6 Å². The summed E-state index contributed by atoms with van der Waals surface area (Å²) in [6.07, 6.45) is 1.26. The summed E-state index contributed by atoms with van der Waals surface area (Å²) in [7, 11) is 0. The molecule has 0 amide bonds. The average Bonchev–Trinajstić information content (AvgIpc) is 2.78. The molecule has 17 heavy (non-hydrogen) atoms. The maximum absolute atomic E-state index is 10.8. The Hall–Kier alpha value is -2.46. The van der Waals surface area contributed by atoms with Crippen LogP contribution in [0.4, 0.5) is 0 Å². The number of carboxylic acid groups (broad SMARTS) is 1. The van der Waals surface area contributed by atoms with Crippen molar-refractivity contribution in [3.63, 3.8) is 0 Å². The molecular formula is C9H4ClN5O2. The summed E-state index contributed by atoms with van der Waals surface area (Å²) in [4.78, 5) is 18.3. The molecule has 0 saturated heterocycles. The highest BCUT2D eigenvalue weighted by Gasteiger charge is 2.13. The molecule has 8 heteroatoms. The number of rotatable bonds is 2. The van der Waals surface area contributed by atoms with E-state index < -0.39 is 5.97 Å². The summed E-state index contributed by atoms with van der Waals surface area (Å²) >= 11 is 5.67. The standard InChI is InChI=1S/C9H4ClN5O2/c10-5-1-2-7(13-8(5)9(16)17)15-4-12-6(3-11)14-15/h1-2,4H,(H,16,17). The van der Waals surface area contributed by atoms with Crippen molar-refractivity contribution < 1.29 is 9.90 Å². The van der Waals surface area contributed by atoms with Gasteiger partial charge >= 0.3 is 5.97 Å². The molecule has 0 atom stereocenters. The molecule has 0 fully saturated rings. The van der Waals surface area contributed by atoms with Crippen LogP contribution in [0.3, 0.4) is 0 Å². The van der Waals surface area contributed by atoms with E-state index >= 15 is 0 Å². The van der Waals surface area contributed by atoms with Gasteiger partial charge in [-0.2, -0.15) is 5.26 Å². The number of nitrogens with zero attached hydrogens (tertiary/aromatic N) is 5. The molecule has 0 radical (unpaired) electrons. The van der Waals surface area contributed by atoms with Crippen molar-refractivity contribution in [3.8, 4) is 11.9 Å². The molecule has 0 aromatic carbocycles. The Kier molecular flexibility index (Phi) is 2.72. The molecule has 0 aliphatic carbocycles. The van der Waals surface area contributed by atoms with Gasteiger partial charge in [0.2, 0.25) is 0 Å². The van der Waals surface area contributed by atoms with Crippen molar-refractivity contribution in [2.24, 2.45) is 0 Å². The lowest BCUT2D eigenvalue weighted by molar-refractivity contribution is 0.0690. The molecule has 0 bridgehead atoms. The highest BCUT2D eigenvalue weighted by atomic mass is 35.5. The minimum atomic E-state index is -1.24. The second kappa shape index (κ2) is 4.19. The molecule has 2 aromatic heterocycles. The van der Waals surface area contributed by atoms with Gasteiger partial charge in [0.1, 0.15) is 12.4 Å². The first-order valence-electron chi connectivity index (χ1n) is 4.34. The monoisotopic (exact) mass is 249 g/mol. The second-order valence-electron chi connectivity index (χ2n) is 2.93. The predicted molar refractivity (Wildman–Crippen MR) is 55.8 cm³/mol. The Balaban J connectivity index is 2.50. The summed E-state index contributed by atoms with van der Waals surface area (Å²) in [6.45, 7) is 0. The van der Waals surface area contributed by atoms with Crippen LogP contribution in [0.25, 0.3) is 5.82 Å². The van der Waals surface area contributed by atoms with Gasteiger partial charge in [0.15, 0.2) is 11.5 Å². The summed E-state index contributed by atoms with van der Waals surface area (Å²) in [5.74, 6) is -1.04. The van der Waals surface area contributed by atoms with Gasteiger partial charge in [0.25, 0.3) is 5.82 Å². The van der Waals surface area contributed by atoms with Crippen LogP contribution >= 0.6 is 11.6 Å². The van der Waals surface area contributed by atoms with Crippen LogP contribution < -0.4 is 0 Å². The van der Waals surface area contributed by atoms with Gasteiger partial charge < -0.3 is 5.11 Å². The molecular weight excluding hydrogens is 246 g/mol. The zero-order valence-electron chi connectivity index (χ0n) is 8.20. The first kappa shape index (κ1) is 11.0. The summed E-state index contributed by atoms with van der Waals surface area (Å²) in [5.41, 5.74) is -0.279. The molecule has 0 unspecified atom stereocenters. The normalized spacial score (nSPS) is 9.88. The number of pyridine rings is 1. The molecule has 0 aliphatic heterocycles. The fraction of sp³-hybridized carbons (Fsp3) is 0. The Bertz CT molecular complexity index is 631. The molecule has 84 valence electrons. The zero-order valence-corrected chi connectivity index (χ0v) is 8.96. The van der Waals surface area contributed by atoms with E-state index in [4.69, 9.17) is 22.0 Å². The maximum Gasteiger partial charge on any atom is 0.356 e. The zero-order chi connectivity index (χ0) is 12.4. The highest BCUT2D eigenvalue weighted by Crippen LogP contribution is 2.15. The SMILES string of the molecule is N#Cc1ncn(-c2ccc(Cl)c(C(=O)O)n2)n1. The Labute approximate surface area is 99.9 Å². The maximum atomic E-state index is 10.8. The molecule has 0 saturated carbocycles. The molecule has 2 heterocycles. The summed E-state index contributed by atoms with van der Waals surface area (Å²) in [5, 5.41) is 21.2. The van der Waals surface area contributed by atoms with Crippen LogP contribution in [0.15, 0.2) is 18.5 Å². The summed E-state index contributed by atoms with van der Waals surface area (Å²) in [6, 6.07) is 4.62. The van der Waals surface area contributed by atoms with Crippen molar-refractivity contribution in [3.05, 3.63) is 35.0 Å². The van der Waals surface area contributed by atoms with E-state index in [1.807, 2.05) is 0 Å². The quantitative estimate of drug-likeness (QED) is 0.847. The molecule has 1 N–H and O–H groups in total. The number of hydrogen-bond donors (Lipinski definition) is 1. The molecule has 7 nitrogen and oxygen atoms in total. The Morgan fingerprint density at radius 3 is 2.88 bits per heavy atom. The number of halogens is 1. The van der Waals surface area contributed by atoms with Crippen LogP contribution in [0.1, 0.15) is 16.3 Å². The van der Waals surface area contributed by atoms with Crippen LogP contribution in [0.2, 0.25) is 5.02 Å². The van der Waals surface area contributed by atoms with Crippen molar-refractivity contribution in [1.82, 2.24) is 19.7 Å². The first-order valence-corrected chi connectivity index (χ1v) is 4.71.